The second-order valence-electron chi connectivity index (χ2n) is 6.81. The Kier molecular flexibility index (Phi) is 6.40. The van der Waals surface area contributed by atoms with Crippen LogP contribution in [-0.2, 0) is 19.3 Å². The first-order valence-corrected chi connectivity index (χ1v) is 9.24. The van der Waals surface area contributed by atoms with E-state index in [1.165, 1.54) is 35.2 Å². The Morgan fingerprint density at radius 1 is 1.07 bits per heavy atom. The van der Waals surface area contributed by atoms with Gasteiger partial charge in [0.05, 0.1) is 12.1 Å². The molecule has 0 bridgehead atoms. The largest absolute Gasteiger partial charge is 0.416 e. The maximum absolute atomic E-state index is 13.5. The van der Waals surface area contributed by atoms with E-state index in [9.17, 15) is 22.4 Å². The molecule has 1 heterocycles. The van der Waals surface area contributed by atoms with E-state index in [2.05, 4.69) is 6.58 Å². The van der Waals surface area contributed by atoms with Crippen LogP contribution in [0.5, 0.6) is 0 Å². The summed E-state index contributed by atoms with van der Waals surface area (Å²) in [7, 11) is 0. The van der Waals surface area contributed by atoms with Crippen LogP contribution in [0.1, 0.15) is 27.2 Å². The topological polar surface area (TPSA) is 25.2 Å². The van der Waals surface area contributed by atoms with Crippen LogP contribution in [0, 0.1) is 5.82 Å². The molecule has 3 nitrogen and oxygen atoms in total. The van der Waals surface area contributed by atoms with Crippen LogP contribution in [0.15, 0.2) is 79.5 Å². The lowest BCUT2D eigenvalue weighted by Gasteiger charge is -2.23. The fourth-order valence-electron chi connectivity index (χ4n) is 3.16. The average molecular weight is 416 g/mol. The standard InChI is InChI=1S/C23H20F4N2O/c1-2-11-29(22(30)18-7-4-8-19(14-18)23(25,26)27)16-21-10-5-12-28(21)15-17-6-3-9-20(24)13-17/h2-10,12-14H,1,11,15-16H2. The molecule has 1 amide bonds. The van der Waals surface area contributed by atoms with E-state index in [4.69, 9.17) is 0 Å². The monoisotopic (exact) mass is 416 g/mol. The Bertz CT molecular complexity index is 1040. The number of benzene rings is 2. The molecule has 0 atom stereocenters. The number of aromatic nitrogens is 1. The number of carbonyl (C=O) groups excluding carboxylic acids is 1. The normalized spacial score (nSPS) is 11.3. The van der Waals surface area contributed by atoms with Crippen molar-refractivity contribution in [1.29, 1.82) is 0 Å². The zero-order chi connectivity index (χ0) is 21.7. The first kappa shape index (κ1) is 21.4. The molecule has 156 valence electrons. The summed E-state index contributed by atoms with van der Waals surface area (Å²) < 4.78 is 54.3. The molecule has 0 spiro atoms. The minimum absolute atomic E-state index is 0.0464. The van der Waals surface area contributed by atoms with Crippen molar-refractivity contribution in [2.75, 3.05) is 6.54 Å². The highest BCUT2D eigenvalue weighted by atomic mass is 19.4. The van der Waals surface area contributed by atoms with Gasteiger partial charge in [-0.25, -0.2) is 4.39 Å². The Balaban J connectivity index is 1.82. The first-order valence-electron chi connectivity index (χ1n) is 9.24. The zero-order valence-electron chi connectivity index (χ0n) is 16.1. The average Bonchev–Trinajstić information content (AvgIpc) is 3.13. The van der Waals surface area contributed by atoms with Crippen LogP contribution >= 0.6 is 0 Å². The van der Waals surface area contributed by atoms with Gasteiger partial charge in [-0.05, 0) is 48.0 Å². The Morgan fingerprint density at radius 3 is 2.53 bits per heavy atom. The summed E-state index contributed by atoms with van der Waals surface area (Å²) in [6.07, 6.45) is -1.20. The molecule has 7 heteroatoms. The molecule has 0 fully saturated rings. The number of alkyl halides is 3. The quantitative estimate of drug-likeness (QED) is 0.368. The fraction of sp³-hybridized carbons (Fsp3) is 0.174. The number of halogens is 4. The van der Waals surface area contributed by atoms with Crippen molar-refractivity contribution in [2.45, 2.75) is 19.3 Å². The van der Waals surface area contributed by atoms with E-state index in [0.29, 0.717) is 6.54 Å². The number of carbonyl (C=O) groups is 1. The van der Waals surface area contributed by atoms with Gasteiger partial charge in [-0.15, -0.1) is 6.58 Å². The van der Waals surface area contributed by atoms with E-state index < -0.39 is 17.6 Å². The molecular formula is C23H20F4N2O. The van der Waals surface area contributed by atoms with Crippen LogP contribution in [0.3, 0.4) is 0 Å². The second-order valence-corrected chi connectivity index (χ2v) is 6.81. The molecule has 0 radical (unpaired) electrons. The minimum atomic E-state index is -4.53. The van der Waals surface area contributed by atoms with E-state index >= 15 is 0 Å². The predicted octanol–water partition coefficient (Wildman–Crippen LogP) is 5.52. The summed E-state index contributed by atoms with van der Waals surface area (Å²) in [6.45, 7) is 4.38. The van der Waals surface area contributed by atoms with Crippen molar-refractivity contribution in [2.24, 2.45) is 0 Å². The first-order chi connectivity index (χ1) is 14.3. The number of rotatable bonds is 7. The van der Waals surface area contributed by atoms with E-state index in [-0.39, 0.29) is 24.5 Å². The summed E-state index contributed by atoms with van der Waals surface area (Å²) >= 11 is 0. The summed E-state index contributed by atoms with van der Waals surface area (Å²) in [6, 6.07) is 14.2. The Labute approximate surface area is 171 Å². The van der Waals surface area contributed by atoms with Crippen molar-refractivity contribution in [3.63, 3.8) is 0 Å². The summed E-state index contributed by atoms with van der Waals surface area (Å²) in [5.41, 5.74) is 0.602. The van der Waals surface area contributed by atoms with Gasteiger partial charge in [-0.1, -0.05) is 24.3 Å². The second kappa shape index (κ2) is 8.98. The molecule has 0 saturated heterocycles. The van der Waals surface area contributed by atoms with Gasteiger partial charge in [-0.2, -0.15) is 13.2 Å². The van der Waals surface area contributed by atoms with Crippen LogP contribution in [0.25, 0.3) is 0 Å². The molecule has 0 aliphatic rings. The van der Waals surface area contributed by atoms with Gasteiger partial charge in [-0.3, -0.25) is 4.79 Å². The number of nitrogens with zero attached hydrogens (tertiary/aromatic N) is 2. The van der Waals surface area contributed by atoms with Crippen molar-refractivity contribution < 1.29 is 22.4 Å². The molecule has 3 rings (SSSR count). The molecule has 0 N–H and O–H groups in total. The van der Waals surface area contributed by atoms with Crippen molar-refractivity contribution in [3.8, 4) is 0 Å². The Morgan fingerprint density at radius 2 is 1.83 bits per heavy atom. The van der Waals surface area contributed by atoms with Crippen LogP contribution in [0.4, 0.5) is 17.6 Å². The van der Waals surface area contributed by atoms with Crippen LogP contribution in [0.2, 0.25) is 0 Å². The van der Waals surface area contributed by atoms with Crippen LogP contribution in [-0.4, -0.2) is 21.9 Å². The molecule has 0 saturated carbocycles. The molecule has 3 aromatic rings. The van der Waals surface area contributed by atoms with Crippen LogP contribution < -0.4 is 0 Å². The maximum atomic E-state index is 13.5. The smallest absolute Gasteiger partial charge is 0.345 e. The van der Waals surface area contributed by atoms with Crippen molar-refractivity contribution in [3.05, 3.63) is 108 Å². The van der Waals surface area contributed by atoms with Crippen molar-refractivity contribution >= 4 is 5.91 Å². The third-order valence-corrected chi connectivity index (χ3v) is 4.59. The highest BCUT2D eigenvalue weighted by molar-refractivity contribution is 5.94. The van der Waals surface area contributed by atoms with E-state index in [1.807, 2.05) is 10.6 Å². The van der Waals surface area contributed by atoms with Gasteiger partial charge in [0.2, 0.25) is 0 Å². The molecular weight excluding hydrogens is 396 g/mol. The van der Waals surface area contributed by atoms with E-state index in [0.717, 1.165) is 23.4 Å². The van der Waals surface area contributed by atoms with Gasteiger partial charge < -0.3 is 9.47 Å². The van der Waals surface area contributed by atoms with Gasteiger partial charge in [0.15, 0.2) is 0 Å². The summed E-state index contributed by atoms with van der Waals surface area (Å²) in [5, 5.41) is 0. The molecule has 2 aromatic carbocycles. The molecule has 30 heavy (non-hydrogen) atoms. The van der Waals surface area contributed by atoms with Gasteiger partial charge >= 0.3 is 6.18 Å². The third-order valence-electron chi connectivity index (χ3n) is 4.59. The van der Waals surface area contributed by atoms with Gasteiger partial charge in [0, 0.05) is 30.5 Å². The SMILES string of the molecule is C=CCN(Cc1cccn1Cc1cccc(F)c1)C(=O)c1cccc(C(F)(F)F)c1. The molecule has 0 aliphatic carbocycles. The van der Waals surface area contributed by atoms with Gasteiger partial charge in [0.25, 0.3) is 5.91 Å². The fourth-order valence-corrected chi connectivity index (χ4v) is 3.16. The summed E-state index contributed by atoms with van der Waals surface area (Å²) in [5.74, 6) is -0.867. The highest BCUT2D eigenvalue weighted by Gasteiger charge is 2.31. The molecule has 0 unspecified atom stereocenters. The predicted molar refractivity (Wildman–Crippen MR) is 106 cm³/mol. The lowest BCUT2D eigenvalue weighted by Crippen LogP contribution is -2.31. The number of amides is 1. The molecule has 0 aliphatic heterocycles. The van der Waals surface area contributed by atoms with Gasteiger partial charge in [0.1, 0.15) is 5.82 Å². The lowest BCUT2D eigenvalue weighted by molar-refractivity contribution is -0.137. The lowest BCUT2D eigenvalue weighted by atomic mass is 10.1. The number of hydrogen-bond acceptors (Lipinski definition) is 1. The molecule has 1 aromatic heterocycles. The zero-order valence-corrected chi connectivity index (χ0v) is 16.1. The maximum Gasteiger partial charge on any atom is 0.416 e. The minimum Gasteiger partial charge on any atom is -0.345 e. The highest BCUT2D eigenvalue weighted by Crippen LogP contribution is 2.30. The number of hydrogen-bond donors (Lipinski definition) is 0. The Hall–Kier alpha value is -3.35. The van der Waals surface area contributed by atoms with Crippen molar-refractivity contribution in [1.82, 2.24) is 9.47 Å². The summed E-state index contributed by atoms with van der Waals surface area (Å²) in [4.78, 5) is 14.3. The van der Waals surface area contributed by atoms with E-state index in [1.54, 1.807) is 24.4 Å². The third kappa shape index (κ3) is 5.17.